The topological polar surface area (TPSA) is 35.5 Å². The molecule has 0 N–H and O–H groups in total. The molecule has 3 nitrogen and oxygen atoms in total. The van der Waals surface area contributed by atoms with E-state index in [1.54, 1.807) is 0 Å². The van der Waals surface area contributed by atoms with Gasteiger partial charge in [-0.2, -0.15) is 0 Å². The van der Waals surface area contributed by atoms with Crippen LogP contribution in [0, 0.1) is 5.92 Å². The van der Waals surface area contributed by atoms with Gasteiger partial charge >= 0.3 is 5.97 Å². The van der Waals surface area contributed by atoms with Gasteiger partial charge in [0.1, 0.15) is 0 Å². The Hall–Kier alpha value is 0.160. The fourth-order valence-corrected chi connectivity index (χ4v) is 1.96. The fourth-order valence-electron chi connectivity index (χ4n) is 1.41. The van der Waals surface area contributed by atoms with Crippen molar-refractivity contribution in [2.45, 2.75) is 30.0 Å². The van der Waals surface area contributed by atoms with Crippen LogP contribution in [0.2, 0.25) is 0 Å². The molecule has 12 heavy (non-hydrogen) atoms. The van der Waals surface area contributed by atoms with Crippen molar-refractivity contribution in [2.75, 3.05) is 7.11 Å². The van der Waals surface area contributed by atoms with Crippen LogP contribution in [0.4, 0.5) is 0 Å². The van der Waals surface area contributed by atoms with E-state index in [2.05, 4.69) is 27.3 Å². The Labute approximate surface area is 85.9 Å². The van der Waals surface area contributed by atoms with Crippen molar-refractivity contribution >= 4 is 28.6 Å². The summed E-state index contributed by atoms with van der Waals surface area (Å²) in [5.41, 5.74) is 0. The highest BCUT2D eigenvalue weighted by molar-refractivity contribution is 14.1. The molecule has 1 heterocycles. The molecule has 0 saturated carbocycles. The van der Waals surface area contributed by atoms with Gasteiger partial charge in [-0.05, 0) is 6.92 Å². The lowest BCUT2D eigenvalue weighted by Crippen LogP contribution is -2.28. The van der Waals surface area contributed by atoms with Crippen LogP contribution < -0.4 is 0 Å². The van der Waals surface area contributed by atoms with Crippen LogP contribution in [0.1, 0.15) is 13.8 Å². The lowest BCUT2D eigenvalue weighted by Gasteiger charge is -2.12. The molecule has 0 aromatic heterocycles. The number of alkyl halides is 1. The molecule has 1 aliphatic heterocycles. The molecule has 4 heteroatoms. The van der Waals surface area contributed by atoms with Crippen molar-refractivity contribution < 1.29 is 14.3 Å². The second-order valence-corrected chi connectivity index (χ2v) is 4.53. The van der Waals surface area contributed by atoms with Gasteiger partial charge in [0, 0.05) is 9.84 Å². The standard InChI is InChI=1S/C8H13IO3/c1-4-6(9)5(2)12-7(4)8(10)11-3/h4-7H,1-3H3/t4-,5+,6-,7+/m1/s1. The smallest absolute Gasteiger partial charge is 0.335 e. The highest BCUT2D eigenvalue weighted by atomic mass is 127. The Morgan fingerprint density at radius 3 is 2.42 bits per heavy atom. The molecular formula is C8H13IO3. The maximum absolute atomic E-state index is 11.2. The fraction of sp³-hybridized carbons (Fsp3) is 0.875. The SMILES string of the molecule is COC(=O)[C@H]1O[C@@H](C)[C@H](I)[C@H]1C. The van der Waals surface area contributed by atoms with Crippen LogP contribution in [-0.2, 0) is 14.3 Å². The molecule has 0 aromatic carbocycles. The highest BCUT2D eigenvalue weighted by Gasteiger charge is 2.42. The summed E-state index contributed by atoms with van der Waals surface area (Å²) in [6.45, 7) is 4.00. The molecule has 0 spiro atoms. The third-order valence-electron chi connectivity index (χ3n) is 2.22. The van der Waals surface area contributed by atoms with E-state index in [1.807, 2.05) is 13.8 Å². The molecule has 1 rings (SSSR count). The summed E-state index contributed by atoms with van der Waals surface area (Å²) in [7, 11) is 1.39. The average molecular weight is 284 g/mol. The van der Waals surface area contributed by atoms with E-state index in [1.165, 1.54) is 7.11 Å². The number of hydrogen-bond acceptors (Lipinski definition) is 3. The molecule has 1 aliphatic rings. The Morgan fingerprint density at radius 1 is 1.50 bits per heavy atom. The van der Waals surface area contributed by atoms with E-state index in [9.17, 15) is 4.79 Å². The zero-order chi connectivity index (χ0) is 9.30. The van der Waals surface area contributed by atoms with Crippen molar-refractivity contribution in [3.05, 3.63) is 0 Å². The number of halogens is 1. The predicted molar refractivity (Wildman–Crippen MR) is 53.3 cm³/mol. The first-order chi connectivity index (χ1) is 5.57. The van der Waals surface area contributed by atoms with Crippen LogP contribution in [0.3, 0.4) is 0 Å². The maximum atomic E-state index is 11.2. The van der Waals surface area contributed by atoms with Gasteiger partial charge in [-0.1, -0.05) is 29.5 Å². The molecule has 0 amide bonds. The minimum absolute atomic E-state index is 0.143. The quantitative estimate of drug-likeness (QED) is 0.414. The van der Waals surface area contributed by atoms with Crippen molar-refractivity contribution in [2.24, 2.45) is 5.92 Å². The van der Waals surface area contributed by atoms with Gasteiger partial charge in [0.2, 0.25) is 0 Å². The predicted octanol–water partition coefficient (Wildman–Crippen LogP) is 1.39. The third-order valence-corrected chi connectivity index (χ3v) is 4.37. The highest BCUT2D eigenvalue weighted by Crippen LogP contribution is 2.32. The van der Waals surface area contributed by atoms with Crippen molar-refractivity contribution in [1.82, 2.24) is 0 Å². The van der Waals surface area contributed by atoms with Gasteiger partial charge in [-0.15, -0.1) is 0 Å². The first-order valence-corrected chi connectivity index (χ1v) is 5.20. The summed E-state index contributed by atoms with van der Waals surface area (Å²) in [6.07, 6.45) is -0.225. The number of esters is 1. The van der Waals surface area contributed by atoms with Gasteiger partial charge in [0.05, 0.1) is 13.2 Å². The van der Waals surface area contributed by atoms with Gasteiger partial charge in [-0.25, -0.2) is 4.79 Å². The van der Waals surface area contributed by atoms with Crippen molar-refractivity contribution in [1.29, 1.82) is 0 Å². The third kappa shape index (κ3) is 1.74. The monoisotopic (exact) mass is 284 g/mol. The van der Waals surface area contributed by atoms with Crippen LogP contribution in [0.15, 0.2) is 0 Å². The van der Waals surface area contributed by atoms with E-state index >= 15 is 0 Å². The van der Waals surface area contributed by atoms with E-state index in [4.69, 9.17) is 4.74 Å². The number of ether oxygens (including phenoxy) is 2. The molecule has 1 fully saturated rings. The first kappa shape index (κ1) is 10.2. The van der Waals surface area contributed by atoms with E-state index in [0.717, 1.165) is 0 Å². The molecule has 0 aliphatic carbocycles. The summed E-state index contributed by atoms with van der Waals surface area (Å²) in [5.74, 6) is -0.0124. The summed E-state index contributed by atoms with van der Waals surface area (Å²) < 4.78 is 10.5. The Morgan fingerprint density at radius 2 is 2.08 bits per heavy atom. The number of carbonyl (C=O) groups excluding carboxylic acids is 1. The van der Waals surface area contributed by atoms with Crippen LogP contribution in [0.25, 0.3) is 0 Å². The summed E-state index contributed by atoms with van der Waals surface area (Å²) in [5, 5.41) is 0. The van der Waals surface area contributed by atoms with Crippen molar-refractivity contribution in [3.63, 3.8) is 0 Å². The second kappa shape index (κ2) is 3.91. The number of methoxy groups -OCH3 is 1. The number of hydrogen-bond donors (Lipinski definition) is 0. The lowest BCUT2D eigenvalue weighted by atomic mass is 10.0. The summed E-state index contributed by atoms with van der Waals surface area (Å²) in [4.78, 5) is 11.2. The van der Waals surface area contributed by atoms with Crippen LogP contribution >= 0.6 is 22.6 Å². The van der Waals surface area contributed by atoms with Crippen LogP contribution in [-0.4, -0.2) is 29.2 Å². The minimum atomic E-state index is -0.369. The second-order valence-electron chi connectivity index (χ2n) is 3.09. The maximum Gasteiger partial charge on any atom is 0.335 e. The number of carbonyl (C=O) groups is 1. The van der Waals surface area contributed by atoms with Gasteiger partial charge < -0.3 is 9.47 Å². The zero-order valence-corrected chi connectivity index (χ0v) is 9.57. The minimum Gasteiger partial charge on any atom is -0.467 e. The van der Waals surface area contributed by atoms with E-state index < -0.39 is 0 Å². The lowest BCUT2D eigenvalue weighted by molar-refractivity contribution is -0.154. The van der Waals surface area contributed by atoms with Gasteiger partial charge in [0.15, 0.2) is 6.10 Å². The molecule has 0 unspecified atom stereocenters. The van der Waals surface area contributed by atoms with E-state index in [-0.39, 0.29) is 24.1 Å². The molecule has 4 atom stereocenters. The molecule has 0 radical (unpaired) electrons. The normalized spacial score (nSPS) is 41.3. The molecule has 0 aromatic rings. The van der Waals surface area contributed by atoms with Gasteiger partial charge in [0.25, 0.3) is 0 Å². The summed E-state index contributed by atoms with van der Waals surface area (Å²) >= 11 is 2.32. The molecule has 70 valence electrons. The Bertz CT molecular complexity index is 183. The molecular weight excluding hydrogens is 271 g/mol. The van der Waals surface area contributed by atoms with Gasteiger partial charge in [-0.3, -0.25) is 0 Å². The molecule has 1 saturated heterocycles. The van der Waals surface area contributed by atoms with Crippen molar-refractivity contribution in [3.8, 4) is 0 Å². The summed E-state index contributed by atoms with van der Waals surface area (Å²) in [6, 6.07) is 0. The number of rotatable bonds is 1. The first-order valence-electron chi connectivity index (χ1n) is 3.95. The molecule has 0 bridgehead atoms. The Kier molecular flexibility index (Phi) is 3.34. The van der Waals surface area contributed by atoms with E-state index in [0.29, 0.717) is 3.92 Å². The largest absolute Gasteiger partial charge is 0.467 e. The average Bonchev–Trinajstić information content (AvgIpc) is 2.32. The van der Waals surface area contributed by atoms with Crippen LogP contribution in [0.5, 0.6) is 0 Å². The Balaban J connectivity index is 2.64. The zero-order valence-electron chi connectivity index (χ0n) is 7.41.